The van der Waals surface area contributed by atoms with Gasteiger partial charge in [-0.25, -0.2) is 4.99 Å². The SMILES string of the molecule is COCCN1C(=O)/C(=C/c2ccsc2)SC1=Nc1ccccc1. The molecule has 0 N–H and O–H groups in total. The second-order valence-electron chi connectivity index (χ2n) is 4.85. The van der Waals surface area contributed by atoms with Crippen molar-refractivity contribution in [1.29, 1.82) is 0 Å². The van der Waals surface area contributed by atoms with Crippen molar-refractivity contribution in [2.45, 2.75) is 0 Å². The number of para-hydroxylation sites is 1. The molecule has 1 saturated heterocycles. The Morgan fingerprint density at radius 1 is 1.26 bits per heavy atom. The van der Waals surface area contributed by atoms with E-state index in [4.69, 9.17) is 4.74 Å². The zero-order chi connectivity index (χ0) is 16.1. The minimum absolute atomic E-state index is 0.0204. The van der Waals surface area contributed by atoms with E-state index in [-0.39, 0.29) is 5.91 Å². The molecule has 0 saturated carbocycles. The highest BCUT2D eigenvalue weighted by Crippen LogP contribution is 2.34. The van der Waals surface area contributed by atoms with Gasteiger partial charge in [0.25, 0.3) is 5.91 Å². The van der Waals surface area contributed by atoms with Crippen LogP contribution in [-0.2, 0) is 9.53 Å². The molecule has 2 aromatic rings. The van der Waals surface area contributed by atoms with Crippen LogP contribution >= 0.6 is 23.1 Å². The quantitative estimate of drug-likeness (QED) is 0.770. The van der Waals surface area contributed by atoms with Gasteiger partial charge in [0.05, 0.1) is 23.7 Å². The number of amides is 1. The first-order valence-corrected chi connectivity index (χ1v) is 8.90. The summed E-state index contributed by atoms with van der Waals surface area (Å²) >= 11 is 3.02. The lowest BCUT2D eigenvalue weighted by atomic mass is 10.3. The molecule has 0 atom stereocenters. The van der Waals surface area contributed by atoms with Gasteiger partial charge in [0.1, 0.15) is 0 Å². The van der Waals surface area contributed by atoms with Gasteiger partial charge in [-0.15, -0.1) is 0 Å². The van der Waals surface area contributed by atoms with E-state index in [1.807, 2.05) is 53.2 Å². The predicted octanol–water partition coefficient (Wildman–Crippen LogP) is 4.00. The van der Waals surface area contributed by atoms with Gasteiger partial charge in [-0.2, -0.15) is 11.3 Å². The summed E-state index contributed by atoms with van der Waals surface area (Å²) < 4.78 is 5.12. The van der Waals surface area contributed by atoms with Crippen molar-refractivity contribution in [3.63, 3.8) is 0 Å². The van der Waals surface area contributed by atoms with Gasteiger partial charge in [-0.1, -0.05) is 18.2 Å². The third-order valence-electron chi connectivity index (χ3n) is 3.23. The highest BCUT2D eigenvalue weighted by atomic mass is 32.2. The topological polar surface area (TPSA) is 41.9 Å². The summed E-state index contributed by atoms with van der Waals surface area (Å²) in [5.41, 5.74) is 1.88. The Morgan fingerprint density at radius 3 is 2.78 bits per heavy atom. The second-order valence-corrected chi connectivity index (χ2v) is 6.64. The molecule has 2 heterocycles. The monoisotopic (exact) mass is 344 g/mol. The molecular formula is C17H16N2O2S2. The lowest BCUT2D eigenvalue weighted by Crippen LogP contribution is -2.32. The third-order valence-corrected chi connectivity index (χ3v) is 4.94. The van der Waals surface area contributed by atoms with Gasteiger partial charge in [-0.05, 0) is 52.4 Å². The number of benzene rings is 1. The molecule has 0 unspecified atom stereocenters. The van der Waals surface area contributed by atoms with Crippen LogP contribution in [0.3, 0.4) is 0 Å². The molecule has 1 aromatic heterocycles. The molecule has 1 fully saturated rings. The molecule has 0 aliphatic carbocycles. The number of rotatable bonds is 5. The minimum Gasteiger partial charge on any atom is -0.383 e. The second kappa shape index (κ2) is 7.59. The molecular weight excluding hydrogens is 328 g/mol. The van der Waals surface area contributed by atoms with Crippen LogP contribution in [0.5, 0.6) is 0 Å². The molecule has 0 bridgehead atoms. The van der Waals surface area contributed by atoms with E-state index in [1.54, 1.807) is 23.3 Å². The van der Waals surface area contributed by atoms with Crippen LogP contribution in [0.4, 0.5) is 5.69 Å². The number of carbonyl (C=O) groups excluding carboxylic acids is 1. The van der Waals surface area contributed by atoms with Gasteiger partial charge in [0.2, 0.25) is 0 Å². The lowest BCUT2D eigenvalue weighted by molar-refractivity contribution is -0.122. The fraction of sp³-hybridized carbons (Fsp3) is 0.176. The van der Waals surface area contributed by atoms with Crippen LogP contribution in [-0.4, -0.2) is 36.2 Å². The van der Waals surface area contributed by atoms with Crippen molar-refractivity contribution in [2.24, 2.45) is 4.99 Å². The summed E-state index contributed by atoms with van der Waals surface area (Å²) in [6.45, 7) is 0.973. The van der Waals surface area contributed by atoms with Gasteiger partial charge in [0, 0.05) is 7.11 Å². The van der Waals surface area contributed by atoms with Gasteiger partial charge >= 0.3 is 0 Å². The third kappa shape index (κ3) is 3.90. The van der Waals surface area contributed by atoms with Gasteiger partial charge in [0.15, 0.2) is 5.17 Å². The Hall–Kier alpha value is -1.89. The molecule has 1 amide bonds. The van der Waals surface area contributed by atoms with E-state index in [2.05, 4.69) is 4.99 Å². The maximum atomic E-state index is 12.6. The number of nitrogens with zero attached hydrogens (tertiary/aromatic N) is 2. The maximum Gasteiger partial charge on any atom is 0.266 e. The van der Waals surface area contributed by atoms with Crippen molar-refractivity contribution >= 4 is 45.9 Å². The van der Waals surface area contributed by atoms with Gasteiger partial charge < -0.3 is 4.74 Å². The number of thiophene rings is 1. The van der Waals surface area contributed by atoms with Crippen LogP contribution < -0.4 is 0 Å². The summed E-state index contributed by atoms with van der Waals surface area (Å²) in [5, 5.41) is 4.71. The van der Waals surface area contributed by atoms with Crippen LogP contribution in [0.2, 0.25) is 0 Å². The van der Waals surface area contributed by atoms with Crippen molar-refractivity contribution in [2.75, 3.05) is 20.3 Å². The molecule has 6 heteroatoms. The molecule has 1 aliphatic heterocycles. The molecule has 4 nitrogen and oxygen atoms in total. The van der Waals surface area contributed by atoms with Crippen LogP contribution in [0.15, 0.2) is 57.1 Å². The zero-order valence-electron chi connectivity index (χ0n) is 12.6. The number of methoxy groups -OCH3 is 1. The maximum absolute atomic E-state index is 12.6. The molecule has 0 spiro atoms. The first kappa shape index (κ1) is 16.0. The zero-order valence-corrected chi connectivity index (χ0v) is 14.3. The fourth-order valence-corrected chi connectivity index (χ4v) is 3.74. The predicted molar refractivity (Wildman–Crippen MR) is 97.0 cm³/mol. The Kier molecular flexibility index (Phi) is 5.27. The number of amidine groups is 1. The average molecular weight is 344 g/mol. The van der Waals surface area contributed by atoms with E-state index in [9.17, 15) is 4.79 Å². The number of hydrogen-bond donors (Lipinski definition) is 0. The van der Waals surface area contributed by atoms with Gasteiger partial charge in [-0.3, -0.25) is 9.69 Å². The van der Waals surface area contributed by atoms with E-state index < -0.39 is 0 Å². The van der Waals surface area contributed by atoms with E-state index in [1.165, 1.54) is 11.8 Å². The summed E-state index contributed by atoms with van der Waals surface area (Å²) in [4.78, 5) is 19.6. The van der Waals surface area contributed by atoms with Crippen molar-refractivity contribution in [3.8, 4) is 0 Å². The summed E-state index contributed by atoms with van der Waals surface area (Å²) in [6, 6.07) is 11.7. The number of hydrogen-bond acceptors (Lipinski definition) is 5. The lowest BCUT2D eigenvalue weighted by Gasteiger charge is -2.14. The highest BCUT2D eigenvalue weighted by molar-refractivity contribution is 8.18. The van der Waals surface area contributed by atoms with Crippen LogP contribution in [0.25, 0.3) is 6.08 Å². The normalized spacial score (nSPS) is 18.3. The summed E-state index contributed by atoms with van der Waals surface area (Å²) in [7, 11) is 1.63. The molecule has 0 radical (unpaired) electrons. The van der Waals surface area contributed by atoms with Crippen molar-refractivity contribution < 1.29 is 9.53 Å². The summed E-state index contributed by atoms with van der Waals surface area (Å²) in [5.74, 6) is -0.0204. The Labute approximate surface area is 143 Å². The van der Waals surface area contributed by atoms with E-state index in [0.29, 0.717) is 23.2 Å². The van der Waals surface area contributed by atoms with E-state index in [0.717, 1.165) is 11.3 Å². The Morgan fingerprint density at radius 2 is 2.09 bits per heavy atom. The number of carbonyl (C=O) groups is 1. The Balaban J connectivity index is 1.90. The highest BCUT2D eigenvalue weighted by Gasteiger charge is 2.33. The first-order valence-electron chi connectivity index (χ1n) is 7.14. The average Bonchev–Trinajstić information content (AvgIpc) is 3.17. The number of thioether (sulfide) groups is 1. The molecule has 3 rings (SSSR count). The van der Waals surface area contributed by atoms with Crippen molar-refractivity contribution in [1.82, 2.24) is 4.90 Å². The van der Waals surface area contributed by atoms with E-state index >= 15 is 0 Å². The first-order chi connectivity index (χ1) is 11.3. The van der Waals surface area contributed by atoms with Crippen LogP contribution in [0.1, 0.15) is 5.56 Å². The minimum atomic E-state index is -0.0204. The smallest absolute Gasteiger partial charge is 0.266 e. The largest absolute Gasteiger partial charge is 0.383 e. The molecule has 1 aromatic carbocycles. The Bertz CT molecular complexity index is 724. The molecule has 23 heavy (non-hydrogen) atoms. The molecule has 118 valence electrons. The standard InChI is InChI=1S/C17H16N2O2S2/c1-21-9-8-19-16(20)15(11-13-7-10-22-12-13)23-17(19)18-14-5-3-2-4-6-14/h2-7,10-12H,8-9H2,1H3/b15-11-,18-17?. The summed E-state index contributed by atoms with van der Waals surface area (Å²) in [6.07, 6.45) is 1.91. The van der Waals surface area contributed by atoms with Crippen LogP contribution in [0, 0.1) is 0 Å². The fourth-order valence-electron chi connectivity index (χ4n) is 2.09. The van der Waals surface area contributed by atoms with Crippen molar-refractivity contribution in [3.05, 3.63) is 57.6 Å². The molecule has 1 aliphatic rings. The number of aliphatic imine (C=N–C) groups is 1. The number of ether oxygens (including phenoxy) is 1.